The number of carbonyl (C=O) groups is 1. The summed E-state index contributed by atoms with van der Waals surface area (Å²) in [5.74, 6) is 0.422. The molecule has 2 rings (SSSR count). The lowest BCUT2D eigenvalue weighted by atomic mass is 9.95. The molecule has 0 saturated heterocycles. The highest BCUT2D eigenvalue weighted by Gasteiger charge is 2.08. The van der Waals surface area contributed by atoms with Crippen LogP contribution in [0.2, 0.25) is 0 Å². The van der Waals surface area contributed by atoms with Gasteiger partial charge in [0.15, 0.2) is 5.78 Å². The SMILES string of the molecule is Cc1ccc([C@@H](C)CC(=O)/C=C/c2ccccc2)cc1. The molecule has 0 saturated carbocycles. The first-order valence-corrected chi connectivity index (χ1v) is 6.97. The molecule has 20 heavy (non-hydrogen) atoms. The average molecular weight is 264 g/mol. The molecule has 0 aliphatic heterocycles. The van der Waals surface area contributed by atoms with Crippen LogP contribution in [0.25, 0.3) is 6.08 Å². The zero-order valence-electron chi connectivity index (χ0n) is 12.0. The molecule has 0 bridgehead atoms. The second-order valence-corrected chi connectivity index (χ2v) is 5.23. The zero-order chi connectivity index (χ0) is 14.4. The van der Waals surface area contributed by atoms with Crippen LogP contribution in [0.1, 0.15) is 36.0 Å². The molecule has 0 aromatic heterocycles. The summed E-state index contributed by atoms with van der Waals surface area (Å²) in [5.41, 5.74) is 3.53. The van der Waals surface area contributed by atoms with Crippen molar-refractivity contribution in [1.82, 2.24) is 0 Å². The predicted octanol–water partition coefficient (Wildman–Crippen LogP) is 4.77. The predicted molar refractivity (Wildman–Crippen MR) is 84.7 cm³/mol. The van der Waals surface area contributed by atoms with Crippen molar-refractivity contribution < 1.29 is 4.79 Å². The summed E-state index contributed by atoms with van der Waals surface area (Å²) in [6, 6.07) is 18.3. The van der Waals surface area contributed by atoms with Gasteiger partial charge in [0.2, 0.25) is 0 Å². The molecule has 0 radical (unpaired) electrons. The van der Waals surface area contributed by atoms with Crippen molar-refractivity contribution in [2.75, 3.05) is 0 Å². The van der Waals surface area contributed by atoms with Crippen LogP contribution in [-0.4, -0.2) is 5.78 Å². The minimum absolute atomic E-state index is 0.168. The summed E-state index contributed by atoms with van der Waals surface area (Å²) in [4.78, 5) is 12.0. The van der Waals surface area contributed by atoms with Gasteiger partial charge in [-0.2, -0.15) is 0 Å². The van der Waals surface area contributed by atoms with E-state index in [0.717, 1.165) is 5.56 Å². The maximum Gasteiger partial charge on any atom is 0.156 e. The second-order valence-electron chi connectivity index (χ2n) is 5.23. The standard InChI is InChI=1S/C19H20O/c1-15-8-11-18(12-9-15)16(2)14-19(20)13-10-17-6-4-3-5-7-17/h3-13,16H,14H2,1-2H3/b13-10+/t16-/m0/s1. The van der Waals surface area contributed by atoms with E-state index in [2.05, 4.69) is 38.1 Å². The Hall–Kier alpha value is -2.15. The first-order chi connectivity index (χ1) is 9.65. The largest absolute Gasteiger partial charge is 0.295 e. The molecule has 2 aromatic rings. The zero-order valence-corrected chi connectivity index (χ0v) is 12.0. The van der Waals surface area contributed by atoms with Gasteiger partial charge in [0, 0.05) is 6.42 Å². The van der Waals surface area contributed by atoms with Crippen molar-refractivity contribution in [2.45, 2.75) is 26.2 Å². The van der Waals surface area contributed by atoms with Crippen molar-refractivity contribution in [3.05, 3.63) is 77.4 Å². The highest BCUT2D eigenvalue weighted by Crippen LogP contribution is 2.20. The normalized spacial score (nSPS) is 12.5. The highest BCUT2D eigenvalue weighted by atomic mass is 16.1. The van der Waals surface area contributed by atoms with Crippen LogP contribution >= 0.6 is 0 Å². The smallest absolute Gasteiger partial charge is 0.156 e. The van der Waals surface area contributed by atoms with Crippen LogP contribution < -0.4 is 0 Å². The second kappa shape index (κ2) is 6.85. The third kappa shape index (κ3) is 4.20. The van der Waals surface area contributed by atoms with Crippen molar-refractivity contribution in [2.24, 2.45) is 0 Å². The topological polar surface area (TPSA) is 17.1 Å². The Morgan fingerprint density at radius 3 is 2.35 bits per heavy atom. The molecule has 0 fully saturated rings. The number of allylic oxidation sites excluding steroid dienone is 1. The number of hydrogen-bond donors (Lipinski definition) is 0. The van der Waals surface area contributed by atoms with E-state index in [1.54, 1.807) is 6.08 Å². The molecule has 1 heteroatoms. The number of ketones is 1. The third-order valence-corrected chi connectivity index (χ3v) is 3.42. The lowest BCUT2D eigenvalue weighted by molar-refractivity contribution is -0.114. The van der Waals surface area contributed by atoms with E-state index in [0.29, 0.717) is 6.42 Å². The Labute approximate surface area is 121 Å². The molecule has 0 heterocycles. The van der Waals surface area contributed by atoms with Crippen LogP contribution in [0.5, 0.6) is 0 Å². The van der Waals surface area contributed by atoms with Crippen molar-refractivity contribution in [1.29, 1.82) is 0 Å². The van der Waals surface area contributed by atoms with Gasteiger partial charge in [-0.3, -0.25) is 4.79 Å². The van der Waals surface area contributed by atoms with Crippen molar-refractivity contribution in [3.63, 3.8) is 0 Å². The van der Waals surface area contributed by atoms with E-state index in [1.807, 2.05) is 36.4 Å². The fourth-order valence-electron chi connectivity index (χ4n) is 2.14. The Balaban J connectivity index is 1.94. The van der Waals surface area contributed by atoms with Crippen LogP contribution in [0.3, 0.4) is 0 Å². The molecule has 1 nitrogen and oxygen atoms in total. The molecule has 0 aliphatic rings. The van der Waals surface area contributed by atoms with E-state index in [-0.39, 0.29) is 11.7 Å². The summed E-state index contributed by atoms with van der Waals surface area (Å²) < 4.78 is 0. The van der Waals surface area contributed by atoms with E-state index in [1.165, 1.54) is 11.1 Å². The van der Waals surface area contributed by atoms with Gasteiger partial charge >= 0.3 is 0 Å². The third-order valence-electron chi connectivity index (χ3n) is 3.42. The van der Waals surface area contributed by atoms with Crippen LogP contribution in [0, 0.1) is 6.92 Å². The fraction of sp³-hybridized carbons (Fsp3) is 0.211. The van der Waals surface area contributed by atoms with Crippen molar-refractivity contribution >= 4 is 11.9 Å². The Kier molecular flexibility index (Phi) is 4.89. The van der Waals surface area contributed by atoms with Gasteiger partial charge in [-0.15, -0.1) is 0 Å². The van der Waals surface area contributed by atoms with Gasteiger partial charge in [-0.25, -0.2) is 0 Å². The van der Waals surface area contributed by atoms with Crippen molar-refractivity contribution in [3.8, 4) is 0 Å². The molecule has 0 aliphatic carbocycles. The number of aryl methyl sites for hydroxylation is 1. The van der Waals surface area contributed by atoms with Gasteiger partial charge in [-0.05, 0) is 30.0 Å². The van der Waals surface area contributed by atoms with E-state index < -0.39 is 0 Å². The fourth-order valence-corrected chi connectivity index (χ4v) is 2.14. The lowest BCUT2D eigenvalue weighted by Gasteiger charge is -2.09. The first-order valence-electron chi connectivity index (χ1n) is 6.97. The van der Waals surface area contributed by atoms with E-state index in [4.69, 9.17) is 0 Å². The summed E-state index contributed by atoms with van der Waals surface area (Å²) in [6.45, 7) is 4.17. The number of rotatable bonds is 5. The molecule has 102 valence electrons. The highest BCUT2D eigenvalue weighted by molar-refractivity contribution is 5.94. The summed E-state index contributed by atoms with van der Waals surface area (Å²) in [5, 5.41) is 0. The number of hydrogen-bond acceptors (Lipinski definition) is 1. The lowest BCUT2D eigenvalue weighted by Crippen LogP contribution is -2.01. The van der Waals surface area contributed by atoms with Crippen LogP contribution in [-0.2, 0) is 4.79 Å². The van der Waals surface area contributed by atoms with Gasteiger partial charge in [-0.1, -0.05) is 73.2 Å². The minimum atomic E-state index is 0.168. The molecule has 0 unspecified atom stereocenters. The minimum Gasteiger partial charge on any atom is -0.295 e. The van der Waals surface area contributed by atoms with Gasteiger partial charge < -0.3 is 0 Å². The van der Waals surface area contributed by atoms with Crippen LogP contribution in [0.4, 0.5) is 0 Å². The molecule has 0 amide bonds. The Bertz CT molecular complexity index is 579. The van der Waals surface area contributed by atoms with Gasteiger partial charge in [0.25, 0.3) is 0 Å². The molecular formula is C19H20O. The number of benzene rings is 2. The maximum absolute atomic E-state index is 12.0. The Morgan fingerprint density at radius 2 is 1.70 bits per heavy atom. The first kappa shape index (κ1) is 14.3. The quantitative estimate of drug-likeness (QED) is 0.711. The average Bonchev–Trinajstić information content (AvgIpc) is 2.47. The summed E-state index contributed by atoms with van der Waals surface area (Å²) in [7, 11) is 0. The summed E-state index contributed by atoms with van der Waals surface area (Å²) >= 11 is 0. The molecular weight excluding hydrogens is 244 g/mol. The van der Waals surface area contributed by atoms with Gasteiger partial charge in [0.05, 0.1) is 0 Å². The molecule has 0 spiro atoms. The van der Waals surface area contributed by atoms with E-state index >= 15 is 0 Å². The summed E-state index contributed by atoms with van der Waals surface area (Å²) in [6.07, 6.45) is 4.11. The van der Waals surface area contributed by atoms with E-state index in [9.17, 15) is 4.79 Å². The monoisotopic (exact) mass is 264 g/mol. The van der Waals surface area contributed by atoms with Crippen LogP contribution in [0.15, 0.2) is 60.7 Å². The molecule has 2 aromatic carbocycles. The maximum atomic E-state index is 12.0. The Morgan fingerprint density at radius 1 is 1.05 bits per heavy atom. The van der Waals surface area contributed by atoms with Gasteiger partial charge in [0.1, 0.15) is 0 Å². The molecule has 0 N–H and O–H groups in total. The number of carbonyl (C=O) groups excluding carboxylic acids is 1. The molecule has 1 atom stereocenters.